The number of alkyl halides is 2. The molecule has 0 radical (unpaired) electrons. The molecule has 0 aliphatic carbocycles. The van der Waals surface area contributed by atoms with Crippen molar-refractivity contribution in [2.24, 2.45) is 0 Å². The number of Topliss-reactive ketones (excluding diaryl/α,β-unsaturated/α-hetero) is 1. The van der Waals surface area contributed by atoms with Gasteiger partial charge in [0.25, 0.3) is 0 Å². The number of aromatic nitrogens is 1. The molecule has 0 aliphatic rings. The van der Waals surface area contributed by atoms with Gasteiger partial charge in [0, 0.05) is 24.4 Å². The molecule has 0 fully saturated rings. The van der Waals surface area contributed by atoms with Crippen LogP contribution >= 0.6 is 0 Å². The maximum atomic E-state index is 12.7. The van der Waals surface area contributed by atoms with Crippen molar-refractivity contribution in [1.29, 1.82) is 0 Å². The monoisotopic (exact) mass is 261 g/mol. The van der Waals surface area contributed by atoms with Gasteiger partial charge < -0.3 is 0 Å². The Morgan fingerprint density at radius 1 is 1.11 bits per heavy atom. The highest BCUT2D eigenvalue weighted by Gasteiger charge is 2.25. The van der Waals surface area contributed by atoms with Crippen molar-refractivity contribution in [3.05, 3.63) is 66.0 Å². The van der Waals surface area contributed by atoms with Crippen LogP contribution in [0.3, 0.4) is 0 Å². The number of hydrogen-bond acceptors (Lipinski definition) is 2. The molecule has 0 spiro atoms. The molecule has 0 aliphatic heterocycles. The van der Waals surface area contributed by atoms with Gasteiger partial charge >= 0.3 is 0 Å². The first-order valence-electron chi connectivity index (χ1n) is 5.96. The van der Waals surface area contributed by atoms with E-state index in [4.69, 9.17) is 0 Å². The van der Waals surface area contributed by atoms with E-state index in [1.165, 1.54) is 6.20 Å². The van der Waals surface area contributed by atoms with Gasteiger partial charge in [0.05, 0.1) is 5.92 Å². The molecule has 0 amide bonds. The molecule has 19 heavy (non-hydrogen) atoms. The number of carbonyl (C=O) groups is 1. The van der Waals surface area contributed by atoms with Gasteiger partial charge in [0.15, 0.2) is 5.78 Å². The molecule has 98 valence electrons. The van der Waals surface area contributed by atoms with Crippen molar-refractivity contribution in [2.45, 2.75) is 18.8 Å². The van der Waals surface area contributed by atoms with E-state index in [0.29, 0.717) is 11.1 Å². The zero-order chi connectivity index (χ0) is 13.7. The van der Waals surface area contributed by atoms with Crippen LogP contribution in [0.5, 0.6) is 0 Å². The van der Waals surface area contributed by atoms with Crippen LogP contribution in [0.2, 0.25) is 0 Å². The predicted molar refractivity (Wildman–Crippen MR) is 68.4 cm³/mol. The zero-order valence-electron chi connectivity index (χ0n) is 10.2. The Bertz CT molecular complexity index is 528. The van der Waals surface area contributed by atoms with E-state index in [2.05, 4.69) is 4.98 Å². The third-order valence-electron chi connectivity index (χ3n) is 2.88. The van der Waals surface area contributed by atoms with E-state index in [-0.39, 0.29) is 5.78 Å². The molecular formula is C15H13F2NO. The highest BCUT2D eigenvalue weighted by atomic mass is 19.3. The van der Waals surface area contributed by atoms with E-state index < -0.39 is 18.8 Å². The quantitative estimate of drug-likeness (QED) is 0.768. The van der Waals surface area contributed by atoms with E-state index >= 15 is 0 Å². The number of ketones is 1. The molecule has 2 aromatic rings. The fourth-order valence-electron chi connectivity index (χ4n) is 1.96. The first-order valence-corrected chi connectivity index (χ1v) is 5.96. The molecule has 1 atom stereocenters. The van der Waals surface area contributed by atoms with Crippen LogP contribution in [0.1, 0.15) is 28.3 Å². The van der Waals surface area contributed by atoms with Gasteiger partial charge in [-0.2, -0.15) is 0 Å². The summed E-state index contributed by atoms with van der Waals surface area (Å²) in [5.74, 6) is -1.15. The standard InChI is InChI=1S/C15H13F2NO/c16-14(17)9-13(12-7-4-8-18-10-12)15(19)11-5-2-1-3-6-11/h1-8,10,13-14H,9H2. The number of benzene rings is 1. The molecule has 4 heteroatoms. The van der Waals surface area contributed by atoms with Crippen molar-refractivity contribution in [1.82, 2.24) is 4.98 Å². The molecule has 1 aromatic carbocycles. The summed E-state index contributed by atoms with van der Waals surface area (Å²) < 4.78 is 25.3. The van der Waals surface area contributed by atoms with Gasteiger partial charge in [0.1, 0.15) is 0 Å². The number of nitrogens with zero attached hydrogens (tertiary/aromatic N) is 1. The summed E-state index contributed by atoms with van der Waals surface area (Å²) in [7, 11) is 0. The van der Waals surface area contributed by atoms with E-state index in [9.17, 15) is 13.6 Å². The van der Waals surface area contributed by atoms with E-state index in [0.717, 1.165) is 0 Å². The summed E-state index contributed by atoms with van der Waals surface area (Å²) in [6.07, 6.45) is 0.00124. The lowest BCUT2D eigenvalue weighted by Gasteiger charge is -2.15. The fraction of sp³-hybridized carbons (Fsp3) is 0.200. The molecular weight excluding hydrogens is 248 g/mol. The van der Waals surface area contributed by atoms with Gasteiger partial charge in [-0.05, 0) is 11.6 Å². The summed E-state index contributed by atoms with van der Waals surface area (Å²) in [6.45, 7) is 0. The Morgan fingerprint density at radius 2 is 1.84 bits per heavy atom. The molecule has 1 heterocycles. The maximum Gasteiger partial charge on any atom is 0.239 e. The van der Waals surface area contributed by atoms with Crippen molar-refractivity contribution in [3.63, 3.8) is 0 Å². The number of halogens is 2. The van der Waals surface area contributed by atoms with E-state index in [1.54, 1.807) is 48.7 Å². The second kappa shape index (κ2) is 6.18. The van der Waals surface area contributed by atoms with Crippen LogP contribution in [0.15, 0.2) is 54.9 Å². The Morgan fingerprint density at radius 3 is 2.42 bits per heavy atom. The van der Waals surface area contributed by atoms with Crippen molar-refractivity contribution < 1.29 is 13.6 Å². The minimum atomic E-state index is -2.53. The number of carbonyl (C=O) groups excluding carboxylic acids is 1. The van der Waals surface area contributed by atoms with Gasteiger partial charge in [-0.3, -0.25) is 9.78 Å². The van der Waals surface area contributed by atoms with Crippen molar-refractivity contribution in [2.75, 3.05) is 0 Å². The summed E-state index contributed by atoms with van der Waals surface area (Å²) in [5.41, 5.74) is 0.966. The third-order valence-corrected chi connectivity index (χ3v) is 2.88. The number of pyridine rings is 1. The predicted octanol–water partition coefficient (Wildman–Crippen LogP) is 3.70. The lowest BCUT2D eigenvalue weighted by Crippen LogP contribution is -2.16. The summed E-state index contributed by atoms with van der Waals surface area (Å²) in [4.78, 5) is 16.2. The Labute approximate surface area is 110 Å². The average Bonchev–Trinajstić information content (AvgIpc) is 2.46. The van der Waals surface area contributed by atoms with E-state index in [1.807, 2.05) is 0 Å². The Hall–Kier alpha value is -2.10. The molecule has 1 unspecified atom stereocenters. The van der Waals surface area contributed by atoms with Crippen LogP contribution in [0, 0.1) is 0 Å². The topological polar surface area (TPSA) is 30.0 Å². The summed E-state index contributed by atoms with van der Waals surface area (Å²) >= 11 is 0. The molecule has 0 bridgehead atoms. The number of rotatable bonds is 5. The highest BCUT2D eigenvalue weighted by molar-refractivity contribution is 6.00. The van der Waals surface area contributed by atoms with Gasteiger partial charge in [-0.25, -0.2) is 8.78 Å². The second-order valence-electron chi connectivity index (χ2n) is 4.20. The third kappa shape index (κ3) is 3.44. The molecule has 0 saturated carbocycles. The normalized spacial score (nSPS) is 12.4. The molecule has 1 aromatic heterocycles. The Balaban J connectivity index is 2.31. The first kappa shape index (κ1) is 13.3. The average molecular weight is 261 g/mol. The molecule has 0 N–H and O–H groups in total. The van der Waals surface area contributed by atoms with Crippen molar-refractivity contribution in [3.8, 4) is 0 Å². The van der Waals surface area contributed by atoms with Crippen LogP contribution in [-0.4, -0.2) is 17.2 Å². The summed E-state index contributed by atoms with van der Waals surface area (Å²) in [6, 6.07) is 11.8. The first-order chi connectivity index (χ1) is 9.18. The van der Waals surface area contributed by atoms with Crippen LogP contribution < -0.4 is 0 Å². The summed E-state index contributed by atoms with van der Waals surface area (Å²) in [5, 5.41) is 0. The largest absolute Gasteiger partial charge is 0.293 e. The molecule has 2 rings (SSSR count). The fourth-order valence-corrected chi connectivity index (χ4v) is 1.96. The minimum absolute atomic E-state index is 0.297. The van der Waals surface area contributed by atoms with Crippen molar-refractivity contribution >= 4 is 5.78 Å². The number of hydrogen-bond donors (Lipinski definition) is 0. The van der Waals surface area contributed by atoms with Crippen LogP contribution in [0.25, 0.3) is 0 Å². The highest BCUT2D eigenvalue weighted by Crippen LogP contribution is 2.26. The van der Waals surface area contributed by atoms with Gasteiger partial charge in [-0.1, -0.05) is 36.4 Å². The maximum absolute atomic E-state index is 12.7. The van der Waals surface area contributed by atoms with Crippen LogP contribution in [0.4, 0.5) is 8.78 Å². The van der Waals surface area contributed by atoms with Gasteiger partial charge in [-0.15, -0.1) is 0 Å². The zero-order valence-corrected chi connectivity index (χ0v) is 10.2. The van der Waals surface area contributed by atoms with Crippen LogP contribution in [-0.2, 0) is 0 Å². The lowest BCUT2D eigenvalue weighted by molar-refractivity contribution is 0.0861. The second-order valence-corrected chi connectivity index (χ2v) is 4.20. The smallest absolute Gasteiger partial charge is 0.239 e. The Kier molecular flexibility index (Phi) is 4.34. The SMILES string of the molecule is O=C(c1ccccc1)C(CC(F)F)c1cccnc1. The lowest BCUT2D eigenvalue weighted by atomic mass is 9.89. The molecule has 2 nitrogen and oxygen atoms in total. The minimum Gasteiger partial charge on any atom is -0.293 e. The molecule has 0 saturated heterocycles. The van der Waals surface area contributed by atoms with Gasteiger partial charge in [0.2, 0.25) is 6.43 Å².